The number of nitrogens with two attached hydrogens (primary N) is 2. The Labute approximate surface area is 148 Å². The van der Waals surface area contributed by atoms with Gasteiger partial charge < -0.3 is 16.2 Å². The number of alkyl halides is 3. The van der Waals surface area contributed by atoms with Gasteiger partial charge in [-0.25, -0.2) is 9.78 Å². The fraction of sp³-hybridized carbons (Fsp3) is 0.143. The van der Waals surface area contributed by atoms with E-state index in [0.29, 0.717) is 12.1 Å². The van der Waals surface area contributed by atoms with E-state index in [9.17, 15) is 28.1 Å². The topological polar surface area (TPSA) is 134 Å². The zero-order chi connectivity index (χ0) is 19.8. The van der Waals surface area contributed by atoms with Crippen LogP contribution in [-0.4, -0.2) is 23.0 Å². The smallest absolute Gasteiger partial charge is 0.416 e. The van der Waals surface area contributed by atoms with Crippen LogP contribution in [0, 0.1) is 10.1 Å². The zero-order valence-electron chi connectivity index (χ0n) is 12.9. The zero-order valence-corrected chi connectivity index (χ0v) is 13.7. The largest absolute Gasteiger partial charge is 0.464 e. The molecule has 0 aliphatic heterocycles. The molecule has 0 radical (unpaired) electrons. The molecular weight excluding hydrogens is 381 g/mol. The van der Waals surface area contributed by atoms with Gasteiger partial charge in [-0.1, -0.05) is 11.6 Å². The lowest BCUT2D eigenvalue weighted by molar-refractivity contribution is -0.384. The Bertz CT molecular complexity index is 918. The van der Waals surface area contributed by atoms with Gasteiger partial charge in [0.15, 0.2) is 5.69 Å². The van der Waals surface area contributed by atoms with E-state index in [4.69, 9.17) is 23.1 Å². The molecular formula is C14H10ClF3N4O4. The molecule has 2 rings (SSSR count). The molecule has 0 aliphatic rings. The van der Waals surface area contributed by atoms with Crippen molar-refractivity contribution in [2.75, 3.05) is 18.6 Å². The number of hydrogen-bond donors (Lipinski definition) is 2. The van der Waals surface area contributed by atoms with Crippen molar-refractivity contribution < 1.29 is 27.6 Å². The van der Waals surface area contributed by atoms with Gasteiger partial charge in [0.25, 0.3) is 5.69 Å². The molecule has 0 saturated heterocycles. The molecule has 12 heteroatoms. The minimum absolute atomic E-state index is 0.198. The maximum Gasteiger partial charge on any atom is 0.416 e. The van der Waals surface area contributed by atoms with Gasteiger partial charge >= 0.3 is 12.1 Å². The number of pyridine rings is 1. The molecule has 0 spiro atoms. The Hall–Kier alpha value is -3.08. The number of methoxy groups -OCH3 is 1. The predicted molar refractivity (Wildman–Crippen MR) is 86.5 cm³/mol. The third-order valence-corrected chi connectivity index (χ3v) is 3.72. The van der Waals surface area contributed by atoms with Crippen molar-refractivity contribution >= 4 is 34.6 Å². The predicted octanol–water partition coefficient (Wildman–Crippen LogP) is 3.28. The summed E-state index contributed by atoms with van der Waals surface area (Å²) in [4.78, 5) is 25.5. The van der Waals surface area contributed by atoms with Gasteiger partial charge in [-0.3, -0.25) is 10.1 Å². The van der Waals surface area contributed by atoms with E-state index in [0.717, 1.165) is 13.2 Å². The van der Waals surface area contributed by atoms with Crippen LogP contribution in [0.1, 0.15) is 16.1 Å². The Morgan fingerprint density at radius 2 is 1.92 bits per heavy atom. The molecule has 2 aromatic rings. The molecule has 1 heterocycles. The Morgan fingerprint density at radius 1 is 1.31 bits per heavy atom. The first-order chi connectivity index (χ1) is 12.0. The maximum absolute atomic E-state index is 13.1. The van der Waals surface area contributed by atoms with Crippen molar-refractivity contribution in [1.82, 2.24) is 4.98 Å². The van der Waals surface area contributed by atoms with E-state index < -0.39 is 45.3 Å². The van der Waals surface area contributed by atoms with Crippen LogP contribution in [0.5, 0.6) is 0 Å². The number of carbonyl (C=O) groups excluding carboxylic acids is 1. The van der Waals surface area contributed by atoms with Gasteiger partial charge in [0, 0.05) is 11.6 Å². The monoisotopic (exact) mass is 390 g/mol. The third kappa shape index (κ3) is 3.47. The van der Waals surface area contributed by atoms with Crippen molar-refractivity contribution in [3.8, 4) is 11.3 Å². The summed E-state index contributed by atoms with van der Waals surface area (Å²) < 4.78 is 43.7. The van der Waals surface area contributed by atoms with Gasteiger partial charge in [-0.2, -0.15) is 13.2 Å². The molecule has 0 saturated carbocycles. The third-order valence-electron chi connectivity index (χ3n) is 3.32. The fourth-order valence-electron chi connectivity index (χ4n) is 2.08. The van der Waals surface area contributed by atoms with Crippen LogP contribution in [0.2, 0.25) is 5.02 Å². The molecule has 1 aromatic heterocycles. The van der Waals surface area contributed by atoms with Gasteiger partial charge in [0.05, 0.1) is 34.0 Å². The van der Waals surface area contributed by atoms with Crippen molar-refractivity contribution in [1.29, 1.82) is 0 Å². The summed E-state index contributed by atoms with van der Waals surface area (Å²) >= 11 is 5.84. The Morgan fingerprint density at radius 3 is 2.42 bits per heavy atom. The minimum Gasteiger partial charge on any atom is -0.464 e. The highest BCUT2D eigenvalue weighted by Crippen LogP contribution is 2.41. The number of nitro benzene ring substituents is 1. The summed E-state index contributed by atoms with van der Waals surface area (Å²) in [5, 5.41) is 10.8. The lowest BCUT2D eigenvalue weighted by Gasteiger charge is -2.13. The number of nitrogens with zero attached hydrogens (tertiary/aromatic N) is 2. The number of anilines is 2. The second-order valence-electron chi connectivity index (χ2n) is 4.96. The Kier molecular flexibility index (Phi) is 4.94. The number of hydrogen-bond acceptors (Lipinski definition) is 7. The average Bonchev–Trinajstić information content (AvgIpc) is 2.55. The van der Waals surface area contributed by atoms with Crippen LogP contribution in [0.25, 0.3) is 11.3 Å². The number of benzene rings is 1. The van der Waals surface area contributed by atoms with Gasteiger partial charge in [0.1, 0.15) is 5.69 Å². The summed E-state index contributed by atoms with van der Waals surface area (Å²) in [6.07, 6.45) is -4.88. The van der Waals surface area contributed by atoms with Gasteiger partial charge in [0.2, 0.25) is 0 Å². The second kappa shape index (κ2) is 6.67. The minimum atomic E-state index is -4.88. The molecule has 0 amide bonds. The summed E-state index contributed by atoms with van der Waals surface area (Å²) in [7, 11) is 1.03. The SMILES string of the molecule is COC(=O)c1nc(-c2cc(C(F)(F)F)cc([N+](=O)[O-])c2N)cc(N)c1Cl. The molecule has 0 atom stereocenters. The first-order valence-corrected chi connectivity index (χ1v) is 7.05. The number of nitrogen functional groups attached to an aromatic ring is 2. The molecule has 8 nitrogen and oxygen atoms in total. The summed E-state index contributed by atoms with van der Waals surface area (Å²) in [5.41, 5.74) is 7.02. The molecule has 0 bridgehead atoms. The van der Waals surface area contributed by atoms with Crippen LogP contribution in [0.3, 0.4) is 0 Å². The highest BCUT2D eigenvalue weighted by Gasteiger charge is 2.35. The van der Waals surface area contributed by atoms with Crippen LogP contribution < -0.4 is 11.5 Å². The van der Waals surface area contributed by atoms with Crippen molar-refractivity contribution in [3.05, 3.63) is 44.6 Å². The quantitative estimate of drug-likeness (QED) is 0.355. The first-order valence-electron chi connectivity index (χ1n) is 6.67. The average molecular weight is 391 g/mol. The highest BCUT2D eigenvalue weighted by molar-refractivity contribution is 6.35. The second-order valence-corrected chi connectivity index (χ2v) is 5.34. The van der Waals surface area contributed by atoms with Crippen LogP contribution in [0.4, 0.5) is 30.2 Å². The number of halogens is 4. The molecule has 138 valence electrons. The van der Waals surface area contributed by atoms with Crippen molar-refractivity contribution in [2.24, 2.45) is 0 Å². The molecule has 4 N–H and O–H groups in total. The lowest BCUT2D eigenvalue weighted by Crippen LogP contribution is -2.11. The van der Waals surface area contributed by atoms with Crippen molar-refractivity contribution in [2.45, 2.75) is 6.18 Å². The van der Waals surface area contributed by atoms with E-state index in [-0.39, 0.29) is 16.4 Å². The van der Waals surface area contributed by atoms with Crippen molar-refractivity contribution in [3.63, 3.8) is 0 Å². The van der Waals surface area contributed by atoms with Gasteiger partial charge in [-0.05, 0) is 12.1 Å². The number of nitro groups is 1. The number of esters is 1. The van der Waals surface area contributed by atoms with E-state index >= 15 is 0 Å². The number of aromatic nitrogens is 1. The van der Waals surface area contributed by atoms with Gasteiger partial charge in [-0.15, -0.1) is 0 Å². The van der Waals surface area contributed by atoms with Crippen LogP contribution in [-0.2, 0) is 10.9 Å². The maximum atomic E-state index is 13.1. The van der Waals surface area contributed by atoms with Crippen LogP contribution >= 0.6 is 11.6 Å². The fourth-order valence-corrected chi connectivity index (χ4v) is 2.26. The summed E-state index contributed by atoms with van der Waals surface area (Å²) in [6.45, 7) is 0. The van der Waals surface area contributed by atoms with E-state index in [1.165, 1.54) is 0 Å². The summed E-state index contributed by atoms with van der Waals surface area (Å²) in [5.74, 6) is -0.997. The van der Waals surface area contributed by atoms with E-state index in [2.05, 4.69) is 9.72 Å². The number of carbonyl (C=O) groups is 1. The highest BCUT2D eigenvalue weighted by atomic mass is 35.5. The molecule has 0 unspecified atom stereocenters. The standard InChI is InChI=1S/C14H10ClF3N4O4/c1-26-13(23)12-10(15)7(19)4-8(21-12)6-2-5(14(16,17)18)3-9(11(6)20)22(24)25/h2-4H,20H2,1H3,(H2,19,21). The lowest BCUT2D eigenvalue weighted by atomic mass is 10.0. The first kappa shape index (κ1) is 19.2. The molecule has 0 aliphatic carbocycles. The summed E-state index contributed by atoms with van der Waals surface area (Å²) in [6, 6.07) is 1.92. The number of ether oxygens (including phenoxy) is 1. The molecule has 0 fully saturated rings. The molecule has 1 aromatic carbocycles. The van der Waals surface area contributed by atoms with Crippen LogP contribution in [0.15, 0.2) is 18.2 Å². The van der Waals surface area contributed by atoms with E-state index in [1.54, 1.807) is 0 Å². The normalized spacial score (nSPS) is 11.3. The van der Waals surface area contributed by atoms with E-state index in [1.807, 2.05) is 0 Å². The Balaban J connectivity index is 2.83. The molecule has 26 heavy (non-hydrogen) atoms. The number of rotatable bonds is 3.